The van der Waals surface area contributed by atoms with Gasteiger partial charge in [-0.2, -0.15) is 8.98 Å². The number of fused-ring (bicyclic) bond motifs is 1. The van der Waals surface area contributed by atoms with Gasteiger partial charge in [0.15, 0.2) is 0 Å². The Morgan fingerprint density at radius 1 is 1.10 bits per heavy atom. The topological polar surface area (TPSA) is 34.0 Å². The molecule has 0 radical (unpaired) electrons. The molecule has 5 rings (SSSR count). The highest BCUT2D eigenvalue weighted by molar-refractivity contribution is 7.94. The van der Waals surface area contributed by atoms with Gasteiger partial charge in [0.05, 0.1) is 28.4 Å². The highest BCUT2D eigenvalue weighted by atomic mass is 35.5. The molecule has 2 aromatic carbocycles. The molecule has 4 aromatic rings. The zero-order valence-corrected chi connectivity index (χ0v) is 17.1. The predicted molar refractivity (Wildman–Crippen MR) is 117 cm³/mol. The van der Waals surface area contributed by atoms with Crippen molar-refractivity contribution in [2.75, 3.05) is 18.0 Å². The molecule has 0 amide bonds. The molecule has 146 valence electrons. The second-order valence-corrected chi connectivity index (χ2v) is 8.12. The van der Waals surface area contributed by atoms with Crippen LogP contribution in [0.5, 0.6) is 0 Å². The van der Waals surface area contributed by atoms with Crippen LogP contribution in [0, 0.1) is 0 Å². The standard InChI is InChI=1S/C22H18ClFN4S/c23-21-18-14-17(29-24)7-8-20(18)26-22(27-10-2-11-27)19(21)13-15-3-5-16(6-4-15)28-12-1-9-25-28/h1,3-9,12,14H,2,10-11,13H2. The lowest BCUT2D eigenvalue weighted by atomic mass is 10.0. The molecule has 1 aliphatic heterocycles. The third-order valence-corrected chi connectivity index (χ3v) is 6.16. The van der Waals surface area contributed by atoms with Crippen LogP contribution in [-0.2, 0) is 6.42 Å². The molecule has 1 aliphatic rings. The molecular formula is C22H18ClFN4S. The highest BCUT2D eigenvalue weighted by Crippen LogP contribution is 2.37. The molecule has 1 saturated heterocycles. The number of nitrogens with zero attached hydrogens (tertiary/aromatic N) is 4. The summed E-state index contributed by atoms with van der Waals surface area (Å²) in [6.45, 7) is 1.97. The van der Waals surface area contributed by atoms with E-state index in [0.29, 0.717) is 16.3 Å². The van der Waals surface area contributed by atoms with E-state index in [1.165, 1.54) is 0 Å². The molecule has 0 unspecified atom stereocenters. The van der Waals surface area contributed by atoms with Gasteiger partial charge >= 0.3 is 0 Å². The third-order valence-electron chi connectivity index (χ3n) is 5.30. The summed E-state index contributed by atoms with van der Waals surface area (Å²) < 4.78 is 14.9. The first-order valence-corrected chi connectivity index (χ1v) is 10.6. The summed E-state index contributed by atoms with van der Waals surface area (Å²) in [5, 5.41) is 5.72. The van der Waals surface area contributed by atoms with E-state index in [1.54, 1.807) is 18.3 Å². The molecule has 29 heavy (non-hydrogen) atoms. The average Bonchev–Trinajstić information content (AvgIpc) is 3.25. The van der Waals surface area contributed by atoms with Crippen LogP contribution < -0.4 is 4.90 Å². The van der Waals surface area contributed by atoms with E-state index in [0.717, 1.165) is 53.0 Å². The van der Waals surface area contributed by atoms with Crippen molar-refractivity contribution in [3.63, 3.8) is 0 Å². The van der Waals surface area contributed by atoms with Crippen molar-refractivity contribution in [1.29, 1.82) is 0 Å². The van der Waals surface area contributed by atoms with E-state index in [-0.39, 0.29) is 12.1 Å². The average molecular weight is 425 g/mol. The number of aromatic nitrogens is 3. The van der Waals surface area contributed by atoms with Gasteiger partial charge in [0.1, 0.15) is 5.82 Å². The van der Waals surface area contributed by atoms with Crippen LogP contribution in [0.1, 0.15) is 17.5 Å². The van der Waals surface area contributed by atoms with Crippen molar-refractivity contribution in [3.05, 3.63) is 77.1 Å². The van der Waals surface area contributed by atoms with E-state index < -0.39 is 0 Å². The van der Waals surface area contributed by atoms with Crippen LogP contribution in [0.2, 0.25) is 5.02 Å². The van der Waals surface area contributed by atoms with E-state index in [4.69, 9.17) is 16.6 Å². The van der Waals surface area contributed by atoms with Gasteiger partial charge in [0.2, 0.25) is 0 Å². The van der Waals surface area contributed by atoms with Gasteiger partial charge in [-0.15, -0.1) is 0 Å². The molecule has 1 fully saturated rings. The maximum Gasteiger partial charge on any atom is 0.134 e. The normalized spacial score (nSPS) is 13.7. The molecule has 0 aliphatic carbocycles. The first kappa shape index (κ1) is 18.5. The molecule has 0 atom stereocenters. The number of hydrogen-bond acceptors (Lipinski definition) is 4. The van der Waals surface area contributed by atoms with E-state index in [2.05, 4.69) is 22.1 Å². The minimum atomic E-state index is 0.224. The summed E-state index contributed by atoms with van der Waals surface area (Å²) in [4.78, 5) is 7.68. The van der Waals surface area contributed by atoms with Gasteiger partial charge in [0.25, 0.3) is 0 Å². The van der Waals surface area contributed by atoms with E-state index in [1.807, 2.05) is 35.1 Å². The Labute approximate surface area is 177 Å². The van der Waals surface area contributed by atoms with Crippen molar-refractivity contribution in [2.24, 2.45) is 0 Å². The van der Waals surface area contributed by atoms with Crippen LogP contribution >= 0.6 is 23.7 Å². The monoisotopic (exact) mass is 424 g/mol. The summed E-state index contributed by atoms with van der Waals surface area (Å²) in [7, 11) is 0. The van der Waals surface area contributed by atoms with Gasteiger partial charge in [-0.3, -0.25) is 0 Å². The molecule has 0 spiro atoms. The fraction of sp³-hybridized carbons (Fsp3) is 0.182. The summed E-state index contributed by atoms with van der Waals surface area (Å²) >= 11 is 7.07. The van der Waals surface area contributed by atoms with Crippen molar-refractivity contribution >= 4 is 40.5 Å². The van der Waals surface area contributed by atoms with Gasteiger partial charge < -0.3 is 4.90 Å². The molecule has 7 heteroatoms. The van der Waals surface area contributed by atoms with Crippen LogP contribution in [0.4, 0.5) is 9.70 Å². The summed E-state index contributed by atoms with van der Waals surface area (Å²) in [5.41, 5.74) is 3.94. The first-order chi connectivity index (χ1) is 14.2. The second-order valence-electron chi connectivity index (χ2n) is 7.12. The highest BCUT2D eigenvalue weighted by Gasteiger charge is 2.23. The summed E-state index contributed by atoms with van der Waals surface area (Å²) in [6.07, 6.45) is 5.51. The van der Waals surface area contributed by atoms with Crippen LogP contribution in [-0.4, -0.2) is 27.9 Å². The number of hydrogen-bond donors (Lipinski definition) is 0. The second kappa shape index (κ2) is 7.69. The molecule has 2 aromatic heterocycles. The largest absolute Gasteiger partial charge is 0.356 e. The lowest BCUT2D eigenvalue weighted by Gasteiger charge is -2.34. The van der Waals surface area contributed by atoms with Crippen molar-refractivity contribution in [3.8, 4) is 5.69 Å². The molecule has 0 N–H and O–H groups in total. The van der Waals surface area contributed by atoms with E-state index in [9.17, 15) is 3.89 Å². The Morgan fingerprint density at radius 2 is 1.93 bits per heavy atom. The molecular weight excluding hydrogens is 407 g/mol. The van der Waals surface area contributed by atoms with Crippen molar-refractivity contribution in [2.45, 2.75) is 17.7 Å². The van der Waals surface area contributed by atoms with E-state index >= 15 is 0 Å². The molecule has 3 heterocycles. The third kappa shape index (κ3) is 3.47. The Bertz CT molecular complexity index is 1160. The Balaban J connectivity index is 1.56. The van der Waals surface area contributed by atoms with Gasteiger partial charge in [-0.05, 0) is 48.4 Å². The Hall–Kier alpha value is -2.57. The van der Waals surface area contributed by atoms with Crippen molar-refractivity contribution < 1.29 is 3.89 Å². The van der Waals surface area contributed by atoms with Crippen molar-refractivity contribution in [1.82, 2.24) is 14.8 Å². The molecule has 4 nitrogen and oxygen atoms in total. The SMILES string of the molecule is FSc1ccc2nc(N3CCC3)c(Cc3ccc(-n4cccn4)cc3)c(Cl)c2c1. The van der Waals surface area contributed by atoms with Gasteiger partial charge in [0, 0.05) is 47.7 Å². The maximum absolute atomic E-state index is 13.1. The van der Waals surface area contributed by atoms with Crippen LogP contribution in [0.3, 0.4) is 0 Å². The van der Waals surface area contributed by atoms with Gasteiger partial charge in [-0.1, -0.05) is 23.7 Å². The van der Waals surface area contributed by atoms with Crippen LogP contribution in [0.25, 0.3) is 16.6 Å². The predicted octanol–water partition coefficient (Wildman–Crippen LogP) is 5.85. The zero-order valence-electron chi connectivity index (χ0n) is 15.6. The fourth-order valence-corrected chi connectivity index (χ4v) is 4.20. The number of benzene rings is 2. The number of pyridine rings is 1. The number of halogens is 2. The minimum absolute atomic E-state index is 0.224. The smallest absolute Gasteiger partial charge is 0.134 e. The Morgan fingerprint density at radius 3 is 2.59 bits per heavy atom. The van der Waals surface area contributed by atoms with Crippen LogP contribution in [0.15, 0.2) is 65.8 Å². The molecule has 0 saturated carbocycles. The lowest BCUT2D eigenvalue weighted by Crippen LogP contribution is -2.38. The number of anilines is 1. The quantitative estimate of drug-likeness (QED) is 0.402. The molecule has 0 bridgehead atoms. The fourth-order valence-electron chi connectivity index (χ4n) is 3.62. The lowest BCUT2D eigenvalue weighted by molar-refractivity contribution is 0.608. The first-order valence-electron chi connectivity index (χ1n) is 9.47. The maximum atomic E-state index is 13.1. The zero-order chi connectivity index (χ0) is 19.8. The van der Waals surface area contributed by atoms with Gasteiger partial charge in [-0.25, -0.2) is 9.67 Å². The number of rotatable bonds is 5. The summed E-state index contributed by atoms with van der Waals surface area (Å²) in [6, 6.07) is 15.5. The summed E-state index contributed by atoms with van der Waals surface area (Å²) in [5.74, 6) is 0.936. The minimum Gasteiger partial charge on any atom is -0.356 e. The Kier molecular flexibility index (Phi) is 4.89.